The number of nitrogens with one attached hydrogen (secondary N) is 1. The lowest BCUT2D eigenvalue weighted by Crippen LogP contribution is -2.10. The molecular formula is C9H13NO3. The van der Waals surface area contributed by atoms with Crippen molar-refractivity contribution in [1.29, 1.82) is 0 Å². The van der Waals surface area contributed by atoms with Crippen LogP contribution < -0.4 is 10.2 Å². The number of benzene rings is 1. The standard InChI is InChI=1S/C9H13NO3/c1-12-8-5-3-4-7(9(8)11)6-10-13-2/h3-5,10-11H,6H2,1-2H3. The van der Waals surface area contributed by atoms with Crippen molar-refractivity contribution in [2.24, 2.45) is 0 Å². The molecule has 4 nitrogen and oxygen atoms in total. The molecule has 2 N–H and O–H groups in total. The Hall–Kier alpha value is -1.26. The first-order chi connectivity index (χ1) is 6.29. The maximum atomic E-state index is 9.59. The van der Waals surface area contributed by atoms with Crippen molar-refractivity contribution in [1.82, 2.24) is 5.48 Å². The minimum Gasteiger partial charge on any atom is -0.504 e. The van der Waals surface area contributed by atoms with Gasteiger partial charge in [0.25, 0.3) is 0 Å². The molecule has 0 bridgehead atoms. The van der Waals surface area contributed by atoms with Crippen LogP contribution in [0.15, 0.2) is 18.2 Å². The Morgan fingerprint density at radius 1 is 1.38 bits per heavy atom. The van der Waals surface area contributed by atoms with E-state index in [1.165, 1.54) is 14.2 Å². The van der Waals surface area contributed by atoms with Gasteiger partial charge in [0.05, 0.1) is 14.2 Å². The Morgan fingerprint density at radius 3 is 2.77 bits per heavy atom. The number of hydrogen-bond acceptors (Lipinski definition) is 4. The fourth-order valence-corrected chi connectivity index (χ4v) is 1.03. The van der Waals surface area contributed by atoms with Crippen LogP contribution in [0.5, 0.6) is 11.5 Å². The molecule has 0 saturated carbocycles. The van der Waals surface area contributed by atoms with Crippen LogP contribution in [0, 0.1) is 0 Å². The summed E-state index contributed by atoms with van der Waals surface area (Å²) in [5.74, 6) is 0.616. The molecule has 72 valence electrons. The van der Waals surface area contributed by atoms with Gasteiger partial charge in [-0.25, -0.2) is 0 Å². The van der Waals surface area contributed by atoms with Gasteiger partial charge in [-0.1, -0.05) is 12.1 Å². The zero-order valence-electron chi connectivity index (χ0n) is 7.70. The summed E-state index contributed by atoms with van der Waals surface area (Å²) in [6.07, 6.45) is 0. The van der Waals surface area contributed by atoms with Crippen molar-refractivity contribution in [2.75, 3.05) is 14.2 Å². The van der Waals surface area contributed by atoms with Gasteiger partial charge in [0.2, 0.25) is 0 Å². The molecule has 1 rings (SSSR count). The molecule has 0 saturated heterocycles. The van der Waals surface area contributed by atoms with Crippen LogP contribution in [-0.4, -0.2) is 19.3 Å². The fraction of sp³-hybridized carbons (Fsp3) is 0.333. The molecule has 0 aromatic heterocycles. The van der Waals surface area contributed by atoms with E-state index < -0.39 is 0 Å². The van der Waals surface area contributed by atoms with Crippen LogP contribution in [0.3, 0.4) is 0 Å². The number of para-hydroxylation sites is 1. The predicted octanol–water partition coefficient (Wildman–Crippen LogP) is 1.05. The maximum absolute atomic E-state index is 9.59. The number of aromatic hydroxyl groups is 1. The third kappa shape index (κ3) is 2.34. The van der Waals surface area contributed by atoms with Crippen molar-refractivity contribution >= 4 is 0 Å². The van der Waals surface area contributed by atoms with Gasteiger partial charge >= 0.3 is 0 Å². The second kappa shape index (κ2) is 4.69. The zero-order valence-corrected chi connectivity index (χ0v) is 7.70. The SMILES string of the molecule is CONCc1cccc(OC)c1O. The highest BCUT2D eigenvalue weighted by atomic mass is 16.6. The van der Waals surface area contributed by atoms with Gasteiger partial charge < -0.3 is 14.7 Å². The highest BCUT2D eigenvalue weighted by molar-refractivity contribution is 5.45. The van der Waals surface area contributed by atoms with Crippen molar-refractivity contribution in [3.8, 4) is 11.5 Å². The van der Waals surface area contributed by atoms with Gasteiger partial charge in [0.15, 0.2) is 11.5 Å². The second-order valence-corrected chi connectivity index (χ2v) is 2.49. The summed E-state index contributed by atoms with van der Waals surface area (Å²) in [5, 5.41) is 9.59. The fourth-order valence-electron chi connectivity index (χ4n) is 1.03. The topological polar surface area (TPSA) is 50.7 Å². The monoisotopic (exact) mass is 183 g/mol. The normalized spacial score (nSPS) is 10.0. The average Bonchev–Trinajstić information content (AvgIpc) is 2.16. The van der Waals surface area contributed by atoms with Gasteiger partial charge in [0, 0.05) is 12.1 Å². The Balaban J connectivity index is 2.81. The molecule has 1 aromatic rings. The quantitative estimate of drug-likeness (QED) is 0.685. The lowest BCUT2D eigenvalue weighted by atomic mass is 10.2. The van der Waals surface area contributed by atoms with E-state index in [0.29, 0.717) is 12.3 Å². The zero-order chi connectivity index (χ0) is 9.68. The van der Waals surface area contributed by atoms with Crippen LogP contribution in [0.1, 0.15) is 5.56 Å². The molecule has 0 heterocycles. The van der Waals surface area contributed by atoms with E-state index in [-0.39, 0.29) is 5.75 Å². The molecule has 13 heavy (non-hydrogen) atoms. The average molecular weight is 183 g/mol. The van der Waals surface area contributed by atoms with E-state index in [0.717, 1.165) is 5.56 Å². The van der Waals surface area contributed by atoms with Crippen LogP contribution in [0.4, 0.5) is 0 Å². The first-order valence-corrected chi connectivity index (χ1v) is 3.90. The van der Waals surface area contributed by atoms with E-state index in [4.69, 9.17) is 4.74 Å². The number of hydrogen-bond donors (Lipinski definition) is 2. The predicted molar refractivity (Wildman–Crippen MR) is 48.5 cm³/mol. The molecule has 1 aromatic carbocycles. The summed E-state index contributed by atoms with van der Waals surface area (Å²) >= 11 is 0. The van der Waals surface area contributed by atoms with E-state index in [9.17, 15) is 5.11 Å². The lowest BCUT2D eigenvalue weighted by Gasteiger charge is -2.08. The second-order valence-electron chi connectivity index (χ2n) is 2.49. The van der Waals surface area contributed by atoms with E-state index in [1.54, 1.807) is 12.1 Å². The summed E-state index contributed by atoms with van der Waals surface area (Å²) in [4.78, 5) is 4.67. The van der Waals surface area contributed by atoms with Crippen LogP contribution in [-0.2, 0) is 11.4 Å². The molecule has 0 aliphatic heterocycles. The lowest BCUT2D eigenvalue weighted by molar-refractivity contribution is 0.0860. The first kappa shape index (κ1) is 9.83. The third-order valence-corrected chi connectivity index (χ3v) is 1.71. The number of hydroxylamine groups is 1. The summed E-state index contributed by atoms with van der Waals surface area (Å²) in [7, 11) is 3.04. The molecule has 0 radical (unpaired) electrons. The molecule has 0 atom stereocenters. The third-order valence-electron chi connectivity index (χ3n) is 1.71. The highest BCUT2D eigenvalue weighted by Gasteiger charge is 2.05. The minimum atomic E-state index is 0.148. The van der Waals surface area contributed by atoms with E-state index in [2.05, 4.69) is 10.3 Å². The minimum absolute atomic E-state index is 0.148. The Morgan fingerprint density at radius 2 is 2.15 bits per heavy atom. The van der Waals surface area contributed by atoms with E-state index in [1.807, 2.05) is 6.07 Å². The van der Waals surface area contributed by atoms with Crippen LogP contribution >= 0.6 is 0 Å². The summed E-state index contributed by atoms with van der Waals surface area (Å²) < 4.78 is 4.95. The Kier molecular flexibility index (Phi) is 3.54. The largest absolute Gasteiger partial charge is 0.504 e. The van der Waals surface area contributed by atoms with Crippen molar-refractivity contribution < 1.29 is 14.7 Å². The van der Waals surface area contributed by atoms with Gasteiger partial charge in [-0.2, -0.15) is 5.48 Å². The van der Waals surface area contributed by atoms with Crippen LogP contribution in [0.25, 0.3) is 0 Å². The van der Waals surface area contributed by atoms with Crippen molar-refractivity contribution in [3.05, 3.63) is 23.8 Å². The number of phenols is 1. The molecule has 0 aliphatic carbocycles. The number of rotatable bonds is 4. The Labute approximate surface area is 77.1 Å². The first-order valence-electron chi connectivity index (χ1n) is 3.90. The van der Waals surface area contributed by atoms with Gasteiger partial charge in [-0.3, -0.25) is 0 Å². The maximum Gasteiger partial charge on any atom is 0.162 e. The smallest absolute Gasteiger partial charge is 0.162 e. The molecule has 0 amide bonds. The van der Waals surface area contributed by atoms with E-state index >= 15 is 0 Å². The van der Waals surface area contributed by atoms with Gasteiger partial charge in [0.1, 0.15) is 0 Å². The number of phenolic OH excluding ortho intramolecular Hbond substituents is 1. The highest BCUT2D eigenvalue weighted by Crippen LogP contribution is 2.28. The number of methoxy groups -OCH3 is 1. The van der Waals surface area contributed by atoms with Crippen LogP contribution in [0.2, 0.25) is 0 Å². The molecule has 4 heteroatoms. The number of ether oxygens (including phenoxy) is 1. The summed E-state index contributed by atoms with van der Waals surface area (Å²) in [5.41, 5.74) is 3.38. The summed E-state index contributed by atoms with van der Waals surface area (Å²) in [6, 6.07) is 5.31. The molecule has 0 aliphatic rings. The van der Waals surface area contributed by atoms with Gasteiger partial charge in [-0.15, -0.1) is 0 Å². The molecule has 0 spiro atoms. The van der Waals surface area contributed by atoms with Crippen molar-refractivity contribution in [3.63, 3.8) is 0 Å². The van der Waals surface area contributed by atoms with Crippen molar-refractivity contribution in [2.45, 2.75) is 6.54 Å². The summed E-state index contributed by atoms with van der Waals surface area (Å²) in [6.45, 7) is 0.444. The Bertz CT molecular complexity index is 276. The molecule has 0 fully saturated rings. The molecular weight excluding hydrogens is 170 g/mol. The molecule has 0 unspecified atom stereocenters. The van der Waals surface area contributed by atoms with Gasteiger partial charge in [-0.05, 0) is 6.07 Å².